The molecule has 2 nitrogen and oxygen atoms in total. The predicted molar refractivity (Wildman–Crippen MR) is 90.6 cm³/mol. The first-order valence-electron chi connectivity index (χ1n) is 6.80. The lowest BCUT2D eigenvalue weighted by Gasteiger charge is -2.19. The number of nitrogens with one attached hydrogen (secondary N) is 1. The van der Waals surface area contributed by atoms with Crippen molar-refractivity contribution in [2.45, 2.75) is 18.7 Å². The molecule has 21 heavy (non-hydrogen) atoms. The summed E-state index contributed by atoms with van der Waals surface area (Å²) < 4.78 is 0. The van der Waals surface area contributed by atoms with Crippen LogP contribution >= 0.6 is 23.4 Å². The zero-order chi connectivity index (χ0) is 15.1. The summed E-state index contributed by atoms with van der Waals surface area (Å²) in [6.07, 6.45) is 0. The first kappa shape index (κ1) is 15.9. The lowest BCUT2D eigenvalue weighted by molar-refractivity contribution is -0.119. The highest BCUT2D eigenvalue weighted by molar-refractivity contribution is 7.98. The van der Waals surface area contributed by atoms with Crippen molar-refractivity contribution in [3.63, 3.8) is 0 Å². The van der Waals surface area contributed by atoms with Crippen LogP contribution < -0.4 is 5.32 Å². The number of thioether (sulfide) groups is 1. The molecule has 1 amide bonds. The zero-order valence-electron chi connectivity index (χ0n) is 11.9. The number of rotatable bonds is 6. The third kappa shape index (κ3) is 5.10. The van der Waals surface area contributed by atoms with E-state index in [1.807, 2.05) is 42.5 Å². The van der Waals surface area contributed by atoms with E-state index < -0.39 is 0 Å². The van der Waals surface area contributed by atoms with Gasteiger partial charge in [-0.25, -0.2) is 0 Å². The van der Waals surface area contributed by atoms with Gasteiger partial charge in [-0.2, -0.15) is 11.8 Å². The van der Waals surface area contributed by atoms with Crippen LogP contribution in [0.15, 0.2) is 54.6 Å². The van der Waals surface area contributed by atoms with Gasteiger partial charge in [-0.3, -0.25) is 4.79 Å². The van der Waals surface area contributed by atoms with Gasteiger partial charge in [-0.1, -0.05) is 60.1 Å². The molecule has 0 saturated heterocycles. The first-order chi connectivity index (χ1) is 10.2. The summed E-state index contributed by atoms with van der Waals surface area (Å²) >= 11 is 8.02. The van der Waals surface area contributed by atoms with E-state index in [1.165, 1.54) is 12.5 Å². The molecular weight excluding hydrogens is 302 g/mol. The van der Waals surface area contributed by atoms with E-state index in [0.29, 0.717) is 5.02 Å². The van der Waals surface area contributed by atoms with Gasteiger partial charge in [-0.15, -0.1) is 0 Å². The van der Waals surface area contributed by atoms with Gasteiger partial charge in [0.15, 0.2) is 0 Å². The Morgan fingerprint density at radius 3 is 2.48 bits per heavy atom. The summed E-state index contributed by atoms with van der Waals surface area (Å²) in [6, 6.07) is 17.9. The van der Waals surface area contributed by atoms with Gasteiger partial charge in [0.1, 0.15) is 0 Å². The van der Waals surface area contributed by atoms with E-state index in [4.69, 9.17) is 11.6 Å². The Morgan fingerprint density at radius 1 is 1.14 bits per heavy atom. The Labute approximate surface area is 134 Å². The SMILES string of the molecule is CC(=O)NC(CSCc1ccccc1)c1ccccc1Cl. The van der Waals surface area contributed by atoms with E-state index >= 15 is 0 Å². The van der Waals surface area contributed by atoms with Gasteiger partial charge in [0.05, 0.1) is 6.04 Å². The van der Waals surface area contributed by atoms with Gasteiger partial charge >= 0.3 is 0 Å². The highest BCUT2D eigenvalue weighted by atomic mass is 35.5. The van der Waals surface area contributed by atoms with Crippen LogP contribution in [-0.4, -0.2) is 11.7 Å². The van der Waals surface area contributed by atoms with Crippen molar-refractivity contribution in [2.75, 3.05) is 5.75 Å². The highest BCUT2D eigenvalue weighted by Crippen LogP contribution is 2.26. The average Bonchev–Trinajstić information content (AvgIpc) is 2.47. The largest absolute Gasteiger partial charge is 0.349 e. The van der Waals surface area contributed by atoms with Crippen molar-refractivity contribution in [1.29, 1.82) is 0 Å². The lowest BCUT2D eigenvalue weighted by Crippen LogP contribution is -2.28. The third-order valence-electron chi connectivity index (χ3n) is 3.05. The van der Waals surface area contributed by atoms with Crippen molar-refractivity contribution in [3.8, 4) is 0 Å². The highest BCUT2D eigenvalue weighted by Gasteiger charge is 2.15. The summed E-state index contributed by atoms with van der Waals surface area (Å²) in [6.45, 7) is 1.53. The van der Waals surface area contributed by atoms with E-state index in [1.54, 1.807) is 11.8 Å². The molecule has 0 aliphatic carbocycles. The second-order valence-corrected chi connectivity index (χ2v) is 6.21. The second-order valence-electron chi connectivity index (χ2n) is 4.78. The summed E-state index contributed by atoms with van der Waals surface area (Å²) in [5.74, 6) is 1.67. The van der Waals surface area contributed by atoms with E-state index in [-0.39, 0.29) is 11.9 Å². The van der Waals surface area contributed by atoms with Gasteiger partial charge in [0.25, 0.3) is 0 Å². The predicted octanol–water partition coefficient (Wildman–Crippen LogP) is 4.45. The maximum absolute atomic E-state index is 11.4. The molecule has 2 rings (SSSR count). The number of carbonyl (C=O) groups excluding carboxylic acids is 1. The van der Waals surface area contributed by atoms with Crippen molar-refractivity contribution >= 4 is 29.3 Å². The molecule has 4 heteroatoms. The lowest BCUT2D eigenvalue weighted by atomic mass is 10.1. The van der Waals surface area contributed by atoms with Crippen LogP contribution in [0.5, 0.6) is 0 Å². The third-order valence-corrected chi connectivity index (χ3v) is 4.50. The number of amides is 1. The monoisotopic (exact) mass is 319 g/mol. The fraction of sp³-hybridized carbons (Fsp3) is 0.235. The normalized spacial score (nSPS) is 11.9. The molecule has 1 atom stereocenters. The van der Waals surface area contributed by atoms with Crippen LogP contribution in [0.4, 0.5) is 0 Å². The van der Waals surface area contributed by atoms with Crippen molar-refractivity contribution in [3.05, 3.63) is 70.7 Å². The van der Waals surface area contributed by atoms with Crippen molar-refractivity contribution in [2.24, 2.45) is 0 Å². The Balaban J connectivity index is 2.00. The molecule has 0 radical (unpaired) electrons. The van der Waals surface area contributed by atoms with Crippen LogP contribution in [0.3, 0.4) is 0 Å². The second kappa shape index (κ2) is 8.11. The zero-order valence-corrected chi connectivity index (χ0v) is 13.5. The van der Waals surface area contributed by atoms with Crippen molar-refractivity contribution < 1.29 is 4.79 Å². The van der Waals surface area contributed by atoms with Gasteiger partial charge in [0, 0.05) is 23.5 Å². The summed E-state index contributed by atoms with van der Waals surface area (Å²) in [5, 5.41) is 3.67. The molecule has 0 heterocycles. The average molecular weight is 320 g/mol. The van der Waals surface area contributed by atoms with Crippen LogP contribution in [0.2, 0.25) is 5.02 Å². The number of hydrogen-bond acceptors (Lipinski definition) is 2. The Kier molecular flexibility index (Phi) is 6.15. The standard InChI is InChI=1S/C17H18ClNOS/c1-13(20)19-17(15-9-5-6-10-16(15)18)12-21-11-14-7-3-2-4-8-14/h2-10,17H,11-12H2,1H3,(H,19,20). The number of halogens is 1. The molecular formula is C17H18ClNOS. The van der Waals surface area contributed by atoms with Gasteiger partial charge < -0.3 is 5.32 Å². The maximum Gasteiger partial charge on any atom is 0.217 e. The molecule has 0 fully saturated rings. The Morgan fingerprint density at radius 2 is 1.81 bits per heavy atom. The molecule has 0 aliphatic rings. The Hall–Kier alpha value is -1.45. The van der Waals surface area contributed by atoms with Crippen LogP contribution in [0.1, 0.15) is 24.1 Å². The van der Waals surface area contributed by atoms with E-state index in [0.717, 1.165) is 17.1 Å². The molecule has 0 spiro atoms. The molecule has 0 aromatic heterocycles. The number of hydrogen-bond donors (Lipinski definition) is 1. The van der Waals surface area contributed by atoms with Crippen LogP contribution in [0.25, 0.3) is 0 Å². The van der Waals surface area contributed by atoms with Gasteiger partial charge in [-0.05, 0) is 17.2 Å². The minimum Gasteiger partial charge on any atom is -0.349 e. The van der Waals surface area contributed by atoms with Crippen LogP contribution in [-0.2, 0) is 10.5 Å². The number of benzene rings is 2. The van der Waals surface area contributed by atoms with Gasteiger partial charge in [0.2, 0.25) is 5.91 Å². The summed E-state index contributed by atoms with van der Waals surface area (Å²) in [4.78, 5) is 11.4. The van der Waals surface area contributed by atoms with E-state index in [2.05, 4.69) is 17.4 Å². The minimum absolute atomic E-state index is 0.0415. The minimum atomic E-state index is -0.0649. The molecule has 1 N–H and O–H groups in total. The molecule has 0 saturated carbocycles. The smallest absolute Gasteiger partial charge is 0.217 e. The molecule has 1 unspecified atom stereocenters. The fourth-order valence-electron chi connectivity index (χ4n) is 2.08. The molecule has 2 aromatic rings. The summed E-state index contributed by atoms with van der Waals surface area (Å²) in [7, 11) is 0. The van der Waals surface area contributed by atoms with Crippen molar-refractivity contribution in [1.82, 2.24) is 5.32 Å². The quantitative estimate of drug-likeness (QED) is 0.852. The fourth-order valence-corrected chi connectivity index (χ4v) is 3.39. The first-order valence-corrected chi connectivity index (χ1v) is 8.33. The molecule has 2 aromatic carbocycles. The summed E-state index contributed by atoms with van der Waals surface area (Å²) in [5.41, 5.74) is 2.25. The number of carbonyl (C=O) groups is 1. The Bertz CT molecular complexity index is 588. The van der Waals surface area contributed by atoms with E-state index in [9.17, 15) is 4.79 Å². The maximum atomic E-state index is 11.4. The van der Waals surface area contributed by atoms with Crippen LogP contribution in [0, 0.1) is 0 Å². The molecule has 0 aliphatic heterocycles. The molecule has 0 bridgehead atoms. The topological polar surface area (TPSA) is 29.1 Å². The molecule has 110 valence electrons.